The van der Waals surface area contributed by atoms with Crippen LogP contribution >= 0.6 is 0 Å². The minimum atomic E-state index is -0.00944. The van der Waals surface area contributed by atoms with E-state index in [2.05, 4.69) is 31.4 Å². The molecule has 1 unspecified atom stereocenters. The van der Waals surface area contributed by atoms with E-state index < -0.39 is 0 Å². The van der Waals surface area contributed by atoms with Crippen LogP contribution in [0.1, 0.15) is 38.7 Å². The third-order valence-corrected chi connectivity index (χ3v) is 3.19. The molecule has 98 valence electrons. The van der Waals surface area contributed by atoms with Crippen LogP contribution in [0.15, 0.2) is 24.3 Å². The summed E-state index contributed by atoms with van der Waals surface area (Å²) in [5.74, 6) is 0.142. The van der Waals surface area contributed by atoms with Crippen molar-refractivity contribution >= 4 is 11.6 Å². The predicted octanol–water partition coefficient (Wildman–Crippen LogP) is 2.75. The van der Waals surface area contributed by atoms with Crippen molar-refractivity contribution in [3.63, 3.8) is 0 Å². The second kappa shape index (κ2) is 5.01. The first kappa shape index (κ1) is 12.9. The highest BCUT2D eigenvalue weighted by molar-refractivity contribution is 5.86. The molecular formula is C15H22N2O. The van der Waals surface area contributed by atoms with E-state index in [1.54, 1.807) is 0 Å². The average Bonchev–Trinajstić information content (AvgIpc) is 2.34. The lowest BCUT2D eigenvalue weighted by Crippen LogP contribution is -2.37. The van der Waals surface area contributed by atoms with Crippen LogP contribution in [0.5, 0.6) is 0 Å². The van der Waals surface area contributed by atoms with Crippen molar-refractivity contribution in [2.24, 2.45) is 5.41 Å². The van der Waals surface area contributed by atoms with E-state index in [1.807, 2.05) is 24.3 Å². The monoisotopic (exact) mass is 246 g/mol. The predicted molar refractivity (Wildman–Crippen MR) is 74.8 cm³/mol. The molecule has 2 N–H and O–H groups in total. The largest absolute Gasteiger partial charge is 0.385 e. The number of hydrogen-bond acceptors (Lipinski definition) is 2. The number of amides is 1. The van der Waals surface area contributed by atoms with Gasteiger partial charge in [0.25, 0.3) is 0 Å². The smallest absolute Gasteiger partial charge is 0.227 e. The van der Waals surface area contributed by atoms with Gasteiger partial charge in [-0.2, -0.15) is 0 Å². The Morgan fingerprint density at radius 1 is 1.39 bits per heavy atom. The van der Waals surface area contributed by atoms with Crippen LogP contribution in [0.25, 0.3) is 0 Å². The van der Waals surface area contributed by atoms with Gasteiger partial charge in [-0.3, -0.25) is 4.79 Å². The van der Waals surface area contributed by atoms with E-state index >= 15 is 0 Å². The molecule has 0 radical (unpaired) electrons. The molecular weight excluding hydrogens is 224 g/mol. The Morgan fingerprint density at radius 3 is 2.83 bits per heavy atom. The molecule has 18 heavy (non-hydrogen) atoms. The van der Waals surface area contributed by atoms with Gasteiger partial charge in [0.1, 0.15) is 0 Å². The molecule has 0 spiro atoms. The van der Waals surface area contributed by atoms with Gasteiger partial charge in [-0.05, 0) is 23.5 Å². The van der Waals surface area contributed by atoms with E-state index in [1.165, 1.54) is 0 Å². The van der Waals surface area contributed by atoms with E-state index in [0.717, 1.165) is 30.8 Å². The molecule has 2 rings (SSSR count). The molecule has 1 heterocycles. The molecule has 1 aliphatic rings. The average molecular weight is 246 g/mol. The zero-order valence-corrected chi connectivity index (χ0v) is 11.4. The summed E-state index contributed by atoms with van der Waals surface area (Å²) in [5, 5.41) is 6.41. The van der Waals surface area contributed by atoms with Crippen molar-refractivity contribution in [1.29, 1.82) is 0 Å². The second-order valence-corrected chi connectivity index (χ2v) is 6.13. The Labute approximate surface area is 109 Å². The van der Waals surface area contributed by atoms with Crippen LogP contribution in [0.3, 0.4) is 0 Å². The van der Waals surface area contributed by atoms with Gasteiger partial charge < -0.3 is 10.6 Å². The topological polar surface area (TPSA) is 41.1 Å². The van der Waals surface area contributed by atoms with Gasteiger partial charge in [-0.15, -0.1) is 0 Å². The molecule has 0 aliphatic carbocycles. The number of rotatable bonds is 2. The van der Waals surface area contributed by atoms with Crippen molar-refractivity contribution in [2.45, 2.75) is 33.1 Å². The minimum Gasteiger partial charge on any atom is -0.385 e. The minimum absolute atomic E-state index is 0.00944. The van der Waals surface area contributed by atoms with Crippen LogP contribution in [-0.4, -0.2) is 19.0 Å². The first-order valence-electron chi connectivity index (χ1n) is 6.58. The van der Waals surface area contributed by atoms with Crippen LogP contribution in [0.4, 0.5) is 5.69 Å². The van der Waals surface area contributed by atoms with Gasteiger partial charge in [0.05, 0.1) is 5.92 Å². The van der Waals surface area contributed by atoms with E-state index in [0.29, 0.717) is 0 Å². The van der Waals surface area contributed by atoms with Gasteiger partial charge >= 0.3 is 0 Å². The summed E-state index contributed by atoms with van der Waals surface area (Å²) < 4.78 is 0. The lowest BCUT2D eigenvalue weighted by atomic mass is 9.89. The normalized spacial score (nSPS) is 18.7. The molecule has 0 fully saturated rings. The summed E-state index contributed by atoms with van der Waals surface area (Å²) >= 11 is 0. The lowest BCUT2D eigenvalue weighted by molar-refractivity contribution is -0.123. The summed E-state index contributed by atoms with van der Waals surface area (Å²) in [5.41, 5.74) is 2.34. The number of para-hydroxylation sites is 1. The Hall–Kier alpha value is -1.51. The van der Waals surface area contributed by atoms with Crippen LogP contribution in [0.2, 0.25) is 0 Å². The molecule has 0 saturated carbocycles. The summed E-state index contributed by atoms with van der Waals surface area (Å²) in [4.78, 5) is 12.3. The fourth-order valence-corrected chi connectivity index (χ4v) is 2.22. The molecule has 0 aromatic heterocycles. The molecule has 3 heteroatoms. The lowest BCUT2D eigenvalue weighted by Gasteiger charge is -2.27. The Morgan fingerprint density at radius 2 is 2.11 bits per heavy atom. The van der Waals surface area contributed by atoms with Crippen molar-refractivity contribution in [2.75, 3.05) is 18.4 Å². The molecule has 3 nitrogen and oxygen atoms in total. The maximum absolute atomic E-state index is 12.3. The molecule has 1 amide bonds. The summed E-state index contributed by atoms with van der Waals surface area (Å²) in [6.07, 6.45) is 0.868. The molecule has 1 aromatic rings. The Balaban J connectivity index is 2.08. The molecule has 1 aliphatic heterocycles. The number of anilines is 1. The number of fused-ring (bicyclic) bond motifs is 1. The van der Waals surface area contributed by atoms with Gasteiger partial charge in [-0.25, -0.2) is 0 Å². The molecule has 1 atom stereocenters. The number of carbonyl (C=O) groups is 1. The highest BCUT2D eigenvalue weighted by Crippen LogP contribution is 2.31. The van der Waals surface area contributed by atoms with Crippen LogP contribution < -0.4 is 10.6 Å². The Bertz CT molecular complexity index is 434. The van der Waals surface area contributed by atoms with Crippen molar-refractivity contribution in [1.82, 2.24) is 5.32 Å². The summed E-state index contributed by atoms with van der Waals surface area (Å²) in [6, 6.07) is 8.08. The number of carbonyl (C=O) groups excluding carboxylic acids is 1. The maximum Gasteiger partial charge on any atom is 0.227 e. The fraction of sp³-hybridized carbons (Fsp3) is 0.533. The van der Waals surface area contributed by atoms with E-state index in [4.69, 9.17) is 0 Å². The fourth-order valence-electron chi connectivity index (χ4n) is 2.22. The summed E-state index contributed by atoms with van der Waals surface area (Å²) in [6.45, 7) is 7.97. The zero-order valence-electron chi connectivity index (χ0n) is 11.4. The van der Waals surface area contributed by atoms with Crippen molar-refractivity contribution < 1.29 is 4.79 Å². The number of benzene rings is 1. The summed E-state index contributed by atoms with van der Waals surface area (Å²) in [7, 11) is 0. The molecule has 0 saturated heterocycles. The first-order valence-corrected chi connectivity index (χ1v) is 6.58. The molecule has 0 bridgehead atoms. The Kier molecular flexibility index (Phi) is 3.60. The molecule has 1 aromatic carbocycles. The van der Waals surface area contributed by atoms with Gasteiger partial charge in [0, 0.05) is 18.8 Å². The highest BCUT2D eigenvalue weighted by atomic mass is 16.1. The van der Waals surface area contributed by atoms with Gasteiger partial charge in [0.15, 0.2) is 0 Å². The first-order chi connectivity index (χ1) is 8.47. The SMILES string of the molecule is CC(C)(C)CNC(=O)C1CCNc2ccccc21. The third kappa shape index (κ3) is 3.03. The third-order valence-electron chi connectivity index (χ3n) is 3.19. The van der Waals surface area contributed by atoms with Crippen molar-refractivity contribution in [3.8, 4) is 0 Å². The van der Waals surface area contributed by atoms with Crippen LogP contribution in [-0.2, 0) is 4.79 Å². The van der Waals surface area contributed by atoms with Crippen molar-refractivity contribution in [3.05, 3.63) is 29.8 Å². The number of nitrogens with one attached hydrogen (secondary N) is 2. The van der Waals surface area contributed by atoms with Gasteiger partial charge in [0.2, 0.25) is 5.91 Å². The number of hydrogen-bond donors (Lipinski definition) is 2. The van der Waals surface area contributed by atoms with E-state index in [-0.39, 0.29) is 17.2 Å². The zero-order chi connectivity index (χ0) is 13.2. The standard InChI is InChI=1S/C15H22N2O/c1-15(2,3)10-17-14(18)12-8-9-16-13-7-5-4-6-11(12)13/h4-7,12,16H,8-10H2,1-3H3,(H,17,18). The highest BCUT2D eigenvalue weighted by Gasteiger charge is 2.26. The second-order valence-electron chi connectivity index (χ2n) is 6.13. The van der Waals surface area contributed by atoms with Crippen LogP contribution in [0, 0.1) is 5.41 Å². The quantitative estimate of drug-likeness (QED) is 0.842. The van der Waals surface area contributed by atoms with E-state index in [9.17, 15) is 4.79 Å². The van der Waals surface area contributed by atoms with Gasteiger partial charge in [-0.1, -0.05) is 39.0 Å². The maximum atomic E-state index is 12.3.